The van der Waals surface area contributed by atoms with Crippen molar-refractivity contribution in [2.45, 2.75) is 129 Å². The second kappa shape index (κ2) is 15.1. The molecule has 1 aromatic carbocycles. The van der Waals surface area contributed by atoms with Crippen LogP contribution < -0.4 is 5.32 Å². The first-order chi connectivity index (χ1) is 22.8. The summed E-state index contributed by atoms with van der Waals surface area (Å²) in [5.74, 6) is -0.211. The predicted molar refractivity (Wildman–Crippen MR) is 188 cm³/mol. The highest BCUT2D eigenvalue weighted by molar-refractivity contribution is 6.84. The van der Waals surface area contributed by atoms with Crippen molar-refractivity contribution in [1.82, 2.24) is 19.5 Å². The number of rotatable bonds is 12. The van der Waals surface area contributed by atoms with Crippen molar-refractivity contribution < 1.29 is 32.0 Å². The largest absolute Gasteiger partial charge is 0.414 e. The van der Waals surface area contributed by atoms with Crippen LogP contribution in [-0.4, -0.2) is 80.2 Å². The van der Waals surface area contributed by atoms with Crippen molar-refractivity contribution in [1.29, 1.82) is 0 Å². The minimum atomic E-state index is -2.92. The van der Waals surface area contributed by atoms with Crippen LogP contribution in [0.4, 0.5) is 5.95 Å². The molecular formula is C34H53N5O7Si2. The maximum atomic E-state index is 12.7. The normalized spacial score (nSPS) is 24.1. The fourth-order valence-electron chi connectivity index (χ4n) is 6.88. The lowest BCUT2D eigenvalue weighted by Gasteiger charge is -2.51. The molecule has 0 radical (unpaired) electrons. The second-order valence-electron chi connectivity index (χ2n) is 14.4. The first kappa shape index (κ1) is 36.7. The lowest BCUT2D eigenvalue weighted by Crippen LogP contribution is -2.66. The van der Waals surface area contributed by atoms with Crippen molar-refractivity contribution in [3.63, 3.8) is 0 Å². The first-order valence-corrected chi connectivity index (χ1v) is 21.2. The molecular weight excluding hydrogens is 647 g/mol. The molecule has 2 aliphatic heterocycles. The fourth-order valence-corrected chi connectivity index (χ4v) is 18.1. The molecule has 48 heavy (non-hydrogen) atoms. The zero-order valence-electron chi connectivity index (χ0n) is 30.0. The Balaban J connectivity index is 1.45. The molecule has 1 N–H and O–H groups in total. The smallest absolute Gasteiger partial charge is 0.335 e. The SMILES string of the molecule is CC(C)OC1C2O[Si](C(C)C)(C(C)C)O[Si](C(C)C)(C(C)C)OC[C@H]2O[C@H]1n1cnc2cnc(NC(=O)COCc3ccccc3)nc21. The molecule has 2 saturated heterocycles. The van der Waals surface area contributed by atoms with E-state index in [0.717, 1.165) is 5.56 Å². The van der Waals surface area contributed by atoms with Crippen molar-refractivity contribution in [3.05, 3.63) is 48.4 Å². The van der Waals surface area contributed by atoms with Gasteiger partial charge in [0.05, 0.1) is 31.8 Å². The van der Waals surface area contributed by atoms with Gasteiger partial charge in [0.1, 0.15) is 30.4 Å². The summed E-state index contributed by atoms with van der Waals surface area (Å²) in [6, 6.07) is 9.69. The van der Waals surface area contributed by atoms with E-state index in [2.05, 4.69) is 70.7 Å². The van der Waals surface area contributed by atoms with Gasteiger partial charge >= 0.3 is 17.1 Å². The zero-order chi connectivity index (χ0) is 34.8. The van der Waals surface area contributed by atoms with Crippen LogP contribution in [0.1, 0.15) is 81.0 Å². The second-order valence-corrected chi connectivity index (χ2v) is 23.2. The Kier molecular flexibility index (Phi) is 11.6. The van der Waals surface area contributed by atoms with Crippen LogP contribution >= 0.6 is 0 Å². The van der Waals surface area contributed by atoms with E-state index in [1.165, 1.54) is 0 Å². The fraction of sp³-hybridized carbons (Fsp3) is 0.647. The number of aromatic nitrogens is 4. The summed E-state index contributed by atoms with van der Waals surface area (Å²) in [7, 11) is -5.67. The molecule has 0 saturated carbocycles. The Morgan fingerprint density at radius 2 is 1.62 bits per heavy atom. The number of amides is 1. The number of nitrogens with one attached hydrogen (secondary N) is 1. The topological polar surface area (TPSA) is 128 Å². The Morgan fingerprint density at radius 1 is 0.958 bits per heavy atom. The molecule has 0 spiro atoms. The number of hydrogen-bond acceptors (Lipinski definition) is 10. The molecule has 5 rings (SSSR count). The molecule has 2 aromatic heterocycles. The van der Waals surface area contributed by atoms with Crippen LogP contribution in [0.15, 0.2) is 42.9 Å². The van der Waals surface area contributed by atoms with E-state index in [4.69, 9.17) is 32.2 Å². The molecule has 4 heterocycles. The molecule has 0 aliphatic carbocycles. The average molecular weight is 700 g/mol. The third kappa shape index (κ3) is 7.45. The summed E-state index contributed by atoms with van der Waals surface area (Å²) in [6.45, 7) is 22.2. The number of nitrogens with zero attached hydrogens (tertiary/aromatic N) is 4. The number of carbonyl (C=O) groups is 1. The van der Waals surface area contributed by atoms with E-state index in [9.17, 15) is 4.79 Å². The van der Waals surface area contributed by atoms with Gasteiger partial charge in [-0.1, -0.05) is 85.7 Å². The Labute approximate surface area is 286 Å². The highest BCUT2D eigenvalue weighted by Gasteiger charge is 2.62. The van der Waals surface area contributed by atoms with Gasteiger partial charge in [0.2, 0.25) is 5.95 Å². The van der Waals surface area contributed by atoms with E-state index in [0.29, 0.717) is 24.4 Å². The third-order valence-corrected chi connectivity index (χ3v) is 19.5. The van der Waals surface area contributed by atoms with Gasteiger partial charge in [0.15, 0.2) is 11.9 Å². The number of ether oxygens (including phenoxy) is 3. The van der Waals surface area contributed by atoms with Gasteiger partial charge in [-0.05, 0) is 41.6 Å². The Bertz CT molecular complexity index is 1500. The van der Waals surface area contributed by atoms with Crippen molar-refractivity contribution in [2.24, 2.45) is 0 Å². The van der Waals surface area contributed by atoms with Crippen LogP contribution in [-0.2, 0) is 38.6 Å². The van der Waals surface area contributed by atoms with E-state index < -0.39 is 41.7 Å². The summed E-state index contributed by atoms with van der Waals surface area (Å²) >= 11 is 0. The Hall–Kier alpha value is -2.57. The molecule has 0 bridgehead atoms. The van der Waals surface area contributed by atoms with Crippen molar-refractivity contribution in [2.75, 3.05) is 18.5 Å². The predicted octanol–water partition coefficient (Wildman–Crippen LogP) is 6.63. The molecule has 14 heteroatoms. The molecule has 2 unspecified atom stereocenters. The molecule has 4 atom stereocenters. The number of fused-ring (bicyclic) bond motifs is 2. The molecule has 2 fully saturated rings. The molecule has 12 nitrogen and oxygen atoms in total. The zero-order valence-corrected chi connectivity index (χ0v) is 32.0. The highest BCUT2D eigenvalue weighted by Crippen LogP contribution is 2.49. The quantitative estimate of drug-likeness (QED) is 0.206. The van der Waals surface area contributed by atoms with Crippen LogP contribution in [0.3, 0.4) is 0 Å². The highest BCUT2D eigenvalue weighted by atomic mass is 28.5. The van der Waals surface area contributed by atoms with Crippen LogP contribution in [0.2, 0.25) is 22.2 Å². The van der Waals surface area contributed by atoms with E-state index in [1.807, 2.05) is 48.7 Å². The number of benzene rings is 1. The van der Waals surface area contributed by atoms with E-state index >= 15 is 0 Å². The molecule has 2 aliphatic rings. The maximum Gasteiger partial charge on any atom is 0.335 e. The molecule has 3 aromatic rings. The monoisotopic (exact) mass is 699 g/mol. The van der Waals surface area contributed by atoms with Gasteiger partial charge in [-0.25, -0.2) is 9.97 Å². The lowest BCUT2D eigenvalue weighted by molar-refractivity contribution is -0.121. The third-order valence-electron chi connectivity index (χ3n) is 9.23. The maximum absolute atomic E-state index is 12.7. The lowest BCUT2D eigenvalue weighted by atomic mass is 10.1. The number of hydrogen-bond donors (Lipinski definition) is 1. The van der Waals surface area contributed by atoms with Gasteiger partial charge in [-0.2, -0.15) is 4.98 Å². The minimum absolute atomic E-state index is 0.111. The number of imidazole rings is 1. The van der Waals surface area contributed by atoms with Gasteiger partial charge in [-0.3, -0.25) is 14.7 Å². The number of carbonyl (C=O) groups excluding carboxylic acids is 1. The van der Waals surface area contributed by atoms with Crippen molar-refractivity contribution >= 4 is 40.1 Å². The summed E-state index contributed by atoms with van der Waals surface area (Å²) in [5.41, 5.74) is 2.80. The van der Waals surface area contributed by atoms with E-state index in [-0.39, 0.29) is 46.7 Å². The van der Waals surface area contributed by atoms with Gasteiger partial charge < -0.3 is 27.2 Å². The molecule has 1 amide bonds. The first-order valence-electron chi connectivity index (χ1n) is 17.2. The van der Waals surface area contributed by atoms with E-state index in [1.54, 1.807) is 12.5 Å². The minimum Gasteiger partial charge on any atom is -0.414 e. The molecule has 264 valence electrons. The summed E-state index contributed by atoms with van der Waals surface area (Å²) < 4.78 is 42.7. The van der Waals surface area contributed by atoms with Crippen LogP contribution in [0.5, 0.6) is 0 Å². The average Bonchev–Trinajstić information content (AvgIpc) is 3.57. The van der Waals surface area contributed by atoms with Crippen molar-refractivity contribution in [3.8, 4) is 0 Å². The van der Waals surface area contributed by atoms with Gasteiger partial charge in [0.25, 0.3) is 5.91 Å². The number of anilines is 1. The Morgan fingerprint density at radius 3 is 2.25 bits per heavy atom. The summed E-state index contributed by atoms with van der Waals surface area (Å²) in [6.07, 6.45) is 1.18. The summed E-state index contributed by atoms with van der Waals surface area (Å²) in [4.78, 5) is 26.3. The van der Waals surface area contributed by atoms with Gasteiger partial charge in [0, 0.05) is 0 Å². The standard InChI is InChI=1S/C34H53N5O7Si2/c1-21(2)43-31-30-28(18-42-47(22(3)4,23(5)6)46-48(45-30,24(7)8)25(9)10)44-33(31)39-20-36-27-16-35-34(38-32(27)39)37-29(40)19-41-17-26-14-12-11-13-15-26/h11-16,20-25,28,30-31,33H,17-19H2,1-10H3,(H,35,37,38,40)/t28-,30?,31?,33-/m1/s1. The van der Waals surface area contributed by atoms with Crippen LogP contribution in [0.25, 0.3) is 11.2 Å². The van der Waals surface area contributed by atoms with Gasteiger partial charge in [-0.15, -0.1) is 0 Å². The van der Waals surface area contributed by atoms with Crippen LogP contribution in [0, 0.1) is 0 Å². The summed E-state index contributed by atoms with van der Waals surface area (Å²) in [5, 5.41) is 2.75.